The van der Waals surface area contributed by atoms with Crippen LogP contribution < -0.4 is 5.73 Å². The number of nitrogen functional groups attached to an aromatic ring is 1. The summed E-state index contributed by atoms with van der Waals surface area (Å²) in [4.78, 5) is 0. The number of benzene rings is 1. The van der Waals surface area contributed by atoms with Gasteiger partial charge in [0.15, 0.2) is 0 Å². The third-order valence-corrected chi connectivity index (χ3v) is 2.40. The van der Waals surface area contributed by atoms with Gasteiger partial charge in [0.05, 0.1) is 6.54 Å². The summed E-state index contributed by atoms with van der Waals surface area (Å²) in [5.41, 5.74) is 5.87. The summed E-state index contributed by atoms with van der Waals surface area (Å²) < 4.78 is 14.9. The lowest BCUT2D eigenvalue weighted by Crippen LogP contribution is -2.03. The van der Waals surface area contributed by atoms with Crippen molar-refractivity contribution in [3.8, 4) is 0 Å². The molecule has 2 aromatic rings. The van der Waals surface area contributed by atoms with Gasteiger partial charge in [-0.3, -0.25) is 4.68 Å². The number of aromatic nitrogens is 2. The van der Waals surface area contributed by atoms with Crippen molar-refractivity contribution in [3.63, 3.8) is 0 Å². The zero-order valence-electron chi connectivity index (χ0n) is 7.82. The van der Waals surface area contributed by atoms with Crippen LogP contribution in [0.4, 0.5) is 10.2 Å². The van der Waals surface area contributed by atoms with E-state index in [1.807, 2.05) is 0 Å². The van der Waals surface area contributed by atoms with Crippen molar-refractivity contribution in [3.05, 3.63) is 46.9 Å². The fourth-order valence-corrected chi connectivity index (χ4v) is 1.53. The van der Waals surface area contributed by atoms with Gasteiger partial charge in [0.25, 0.3) is 0 Å². The Kier molecular flexibility index (Phi) is 2.60. The minimum Gasteiger partial charge on any atom is -0.382 e. The molecule has 0 aliphatic carbocycles. The SMILES string of the molecule is Nc1ccn(Cc2c(F)cccc2Cl)n1. The van der Waals surface area contributed by atoms with E-state index in [0.717, 1.165) is 0 Å². The first-order chi connectivity index (χ1) is 7.16. The molecule has 0 saturated heterocycles. The molecule has 0 spiro atoms. The number of rotatable bonds is 2. The van der Waals surface area contributed by atoms with Crippen molar-refractivity contribution in [2.24, 2.45) is 0 Å². The van der Waals surface area contributed by atoms with Crippen LogP contribution >= 0.6 is 11.6 Å². The maximum atomic E-state index is 13.4. The third-order valence-electron chi connectivity index (χ3n) is 2.04. The zero-order chi connectivity index (χ0) is 10.8. The average Bonchev–Trinajstić information content (AvgIpc) is 2.58. The van der Waals surface area contributed by atoms with Gasteiger partial charge in [-0.05, 0) is 18.2 Å². The summed E-state index contributed by atoms with van der Waals surface area (Å²) in [6.07, 6.45) is 1.68. The molecule has 15 heavy (non-hydrogen) atoms. The Morgan fingerprint density at radius 1 is 1.40 bits per heavy atom. The van der Waals surface area contributed by atoms with Crippen molar-refractivity contribution in [2.45, 2.75) is 6.54 Å². The predicted molar refractivity (Wildman–Crippen MR) is 57.2 cm³/mol. The van der Waals surface area contributed by atoms with E-state index >= 15 is 0 Å². The predicted octanol–water partition coefficient (Wildman–Crippen LogP) is 2.31. The second kappa shape index (κ2) is 3.90. The van der Waals surface area contributed by atoms with Crippen molar-refractivity contribution >= 4 is 17.4 Å². The number of hydrogen-bond acceptors (Lipinski definition) is 2. The highest BCUT2D eigenvalue weighted by Gasteiger charge is 2.07. The van der Waals surface area contributed by atoms with Crippen LogP contribution in [0.3, 0.4) is 0 Å². The largest absolute Gasteiger partial charge is 0.382 e. The molecule has 78 valence electrons. The van der Waals surface area contributed by atoms with E-state index in [2.05, 4.69) is 5.10 Å². The lowest BCUT2D eigenvalue weighted by molar-refractivity contribution is 0.586. The molecular weight excluding hydrogens is 217 g/mol. The Balaban J connectivity index is 2.31. The molecule has 1 aromatic carbocycles. The second-order valence-electron chi connectivity index (χ2n) is 3.14. The number of halogens is 2. The Bertz CT molecular complexity index is 461. The van der Waals surface area contributed by atoms with E-state index in [0.29, 0.717) is 16.4 Å². The van der Waals surface area contributed by atoms with Crippen molar-refractivity contribution < 1.29 is 4.39 Å². The fraction of sp³-hybridized carbons (Fsp3) is 0.100. The van der Waals surface area contributed by atoms with Crippen LogP contribution in [-0.4, -0.2) is 9.78 Å². The van der Waals surface area contributed by atoms with Gasteiger partial charge in [-0.15, -0.1) is 0 Å². The minimum absolute atomic E-state index is 0.280. The van der Waals surface area contributed by atoms with Crippen LogP contribution in [0.2, 0.25) is 5.02 Å². The number of anilines is 1. The molecule has 1 heterocycles. The Labute approximate surface area is 91.3 Å². The third kappa shape index (κ3) is 2.10. The summed E-state index contributed by atoms with van der Waals surface area (Å²) in [7, 11) is 0. The van der Waals surface area contributed by atoms with E-state index in [9.17, 15) is 4.39 Å². The molecule has 0 saturated carbocycles. The molecule has 0 aliphatic rings. The Morgan fingerprint density at radius 2 is 2.20 bits per heavy atom. The van der Waals surface area contributed by atoms with E-state index < -0.39 is 0 Å². The normalized spacial score (nSPS) is 10.5. The molecule has 0 amide bonds. The molecule has 0 aliphatic heterocycles. The van der Waals surface area contributed by atoms with Gasteiger partial charge >= 0.3 is 0 Å². The van der Waals surface area contributed by atoms with Gasteiger partial charge < -0.3 is 5.73 Å². The second-order valence-corrected chi connectivity index (χ2v) is 3.55. The van der Waals surface area contributed by atoms with Gasteiger partial charge in [-0.25, -0.2) is 4.39 Å². The molecule has 0 atom stereocenters. The quantitative estimate of drug-likeness (QED) is 0.853. The van der Waals surface area contributed by atoms with Crippen molar-refractivity contribution in [1.29, 1.82) is 0 Å². The standard InChI is InChI=1S/C10H9ClFN3/c11-8-2-1-3-9(12)7(8)6-15-5-4-10(13)14-15/h1-5H,6H2,(H2,13,14). The summed E-state index contributed by atoms with van der Waals surface area (Å²) in [5, 5.41) is 4.35. The first-order valence-corrected chi connectivity index (χ1v) is 4.76. The summed E-state index contributed by atoms with van der Waals surface area (Å²) in [5.74, 6) is 0.0685. The first-order valence-electron chi connectivity index (χ1n) is 4.38. The molecule has 3 nitrogen and oxygen atoms in total. The molecule has 2 N–H and O–H groups in total. The molecule has 0 unspecified atom stereocenters. The molecule has 0 bridgehead atoms. The Morgan fingerprint density at radius 3 is 2.80 bits per heavy atom. The fourth-order valence-electron chi connectivity index (χ4n) is 1.31. The number of nitrogens with zero attached hydrogens (tertiary/aromatic N) is 2. The first kappa shape index (κ1) is 9.98. The van der Waals surface area contributed by atoms with Gasteiger partial charge in [0.2, 0.25) is 0 Å². The van der Waals surface area contributed by atoms with Crippen LogP contribution in [0.1, 0.15) is 5.56 Å². The highest BCUT2D eigenvalue weighted by Crippen LogP contribution is 2.19. The van der Waals surface area contributed by atoms with Crippen molar-refractivity contribution in [2.75, 3.05) is 5.73 Å². The average molecular weight is 226 g/mol. The van der Waals surface area contributed by atoms with Crippen LogP contribution in [0.15, 0.2) is 30.5 Å². The van der Waals surface area contributed by atoms with Gasteiger partial charge in [0.1, 0.15) is 11.6 Å². The molecule has 0 fully saturated rings. The lowest BCUT2D eigenvalue weighted by atomic mass is 10.2. The van der Waals surface area contributed by atoms with Crippen molar-refractivity contribution in [1.82, 2.24) is 9.78 Å². The van der Waals surface area contributed by atoms with Gasteiger partial charge in [-0.1, -0.05) is 17.7 Å². The Hall–Kier alpha value is -1.55. The van der Waals surface area contributed by atoms with E-state index in [1.54, 1.807) is 29.1 Å². The van der Waals surface area contributed by atoms with E-state index in [4.69, 9.17) is 17.3 Å². The highest BCUT2D eigenvalue weighted by molar-refractivity contribution is 6.31. The molecule has 0 radical (unpaired) electrons. The monoisotopic (exact) mass is 225 g/mol. The van der Waals surface area contributed by atoms with Crippen LogP contribution in [0, 0.1) is 5.82 Å². The maximum Gasteiger partial charge on any atom is 0.145 e. The molecular formula is C10H9ClFN3. The topological polar surface area (TPSA) is 43.8 Å². The van der Waals surface area contributed by atoms with Crippen LogP contribution in [-0.2, 0) is 6.54 Å². The molecule has 1 aromatic heterocycles. The summed E-state index contributed by atoms with van der Waals surface area (Å²) in [6, 6.07) is 6.23. The smallest absolute Gasteiger partial charge is 0.145 e. The highest BCUT2D eigenvalue weighted by atomic mass is 35.5. The van der Waals surface area contributed by atoms with E-state index in [-0.39, 0.29) is 12.4 Å². The molecule has 2 rings (SSSR count). The maximum absolute atomic E-state index is 13.4. The van der Waals surface area contributed by atoms with Crippen LogP contribution in [0.25, 0.3) is 0 Å². The minimum atomic E-state index is -0.337. The van der Waals surface area contributed by atoms with Crippen LogP contribution in [0.5, 0.6) is 0 Å². The molecule has 5 heteroatoms. The zero-order valence-corrected chi connectivity index (χ0v) is 8.58. The van der Waals surface area contributed by atoms with Gasteiger partial charge in [-0.2, -0.15) is 5.10 Å². The summed E-state index contributed by atoms with van der Waals surface area (Å²) in [6.45, 7) is 0.280. The summed E-state index contributed by atoms with van der Waals surface area (Å²) >= 11 is 5.87. The lowest BCUT2D eigenvalue weighted by Gasteiger charge is -2.05. The van der Waals surface area contributed by atoms with Gasteiger partial charge in [0, 0.05) is 16.8 Å². The number of hydrogen-bond donors (Lipinski definition) is 1. The van der Waals surface area contributed by atoms with E-state index in [1.165, 1.54) is 6.07 Å². The number of nitrogens with two attached hydrogens (primary N) is 1.